The zero-order valence-electron chi connectivity index (χ0n) is 26.5. The van der Waals surface area contributed by atoms with E-state index in [-0.39, 0.29) is 25.2 Å². The van der Waals surface area contributed by atoms with Gasteiger partial charge in [0.1, 0.15) is 23.3 Å². The number of benzene rings is 1. The van der Waals surface area contributed by atoms with E-state index >= 15 is 0 Å². The van der Waals surface area contributed by atoms with Gasteiger partial charge in [-0.3, -0.25) is 14.4 Å². The Kier molecular flexibility index (Phi) is 16.6. The lowest BCUT2D eigenvalue weighted by atomic mass is 10.1. The van der Waals surface area contributed by atoms with E-state index < -0.39 is 47.2 Å². The summed E-state index contributed by atoms with van der Waals surface area (Å²) in [5.74, 6) is -1.87. The molecule has 0 heterocycles. The first kappa shape index (κ1) is 38.1. The lowest BCUT2D eigenvalue weighted by Crippen LogP contribution is -2.52. The average molecular weight is 718 g/mol. The summed E-state index contributed by atoms with van der Waals surface area (Å²) in [6.07, 6.45) is 2.31. The third kappa shape index (κ3) is 18.4. The van der Waals surface area contributed by atoms with Crippen LogP contribution in [0, 0.1) is 3.57 Å². The van der Waals surface area contributed by atoms with Crippen molar-refractivity contribution in [2.24, 2.45) is 0 Å². The summed E-state index contributed by atoms with van der Waals surface area (Å²) >= 11 is 2.26. The molecule has 0 bridgehead atoms. The Labute approximate surface area is 269 Å². The molecule has 12 heteroatoms. The van der Waals surface area contributed by atoms with Crippen LogP contribution in [0.2, 0.25) is 0 Å². The average Bonchev–Trinajstić information content (AvgIpc) is 2.88. The number of methoxy groups -OCH3 is 1. The van der Waals surface area contributed by atoms with Crippen LogP contribution in [0.5, 0.6) is 0 Å². The molecule has 0 aromatic heterocycles. The standard InChI is InChI=1S/C31H48IN3O8/c1-30(2,3)42-26(37)19-18-23(35-29(40)43-31(4,5)6)27(38)34-24(28(39)41-7)12-8-9-20-33-25(36)13-10-11-21-14-16-22(32)17-15-21/h14-17,23-24H,8-13,18-20H2,1-7H3,(H,33,36)(H,34,38)(H,35,40)/t23-,24+/m0/s1. The number of amides is 3. The van der Waals surface area contributed by atoms with Gasteiger partial charge in [-0.1, -0.05) is 12.1 Å². The summed E-state index contributed by atoms with van der Waals surface area (Å²) in [5, 5.41) is 8.01. The number of aryl methyl sites for hydroxylation is 1. The summed E-state index contributed by atoms with van der Waals surface area (Å²) in [6.45, 7) is 10.7. The molecular weight excluding hydrogens is 669 g/mol. The van der Waals surface area contributed by atoms with E-state index in [0.29, 0.717) is 25.8 Å². The van der Waals surface area contributed by atoms with E-state index in [2.05, 4.69) is 50.7 Å². The van der Waals surface area contributed by atoms with Crippen LogP contribution in [0.1, 0.15) is 92.1 Å². The summed E-state index contributed by atoms with van der Waals surface area (Å²) in [6, 6.07) is 6.07. The largest absolute Gasteiger partial charge is 0.467 e. The molecule has 0 unspecified atom stereocenters. The first-order chi connectivity index (χ1) is 20.0. The molecule has 1 aromatic carbocycles. The number of carbonyl (C=O) groups is 5. The van der Waals surface area contributed by atoms with E-state index in [0.717, 1.165) is 12.8 Å². The predicted molar refractivity (Wildman–Crippen MR) is 171 cm³/mol. The summed E-state index contributed by atoms with van der Waals surface area (Å²) < 4.78 is 16.6. The van der Waals surface area contributed by atoms with E-state index in [1.807, 2.05) is 12.1 Å². The molecule has 1 rings (SSSR count). The number of carbonyl (C=O) groups excluding carboxylic acids is 5. The highest BCUT2D eigenvalue weighted by molar-refractivity contribution is 14.1. The number of hydrogen-bond donors (Lipinski definition) is 3. The zero-order chi connectivity index (χ0) is 32.6. The van der Waals surface area contributed by atoms with Gasteiger partial charge in [0.2, 0.25) is 11.8 Å². The maximum absolute atomic E-state index is 13.2. The highest BCUT2D eigenvalue weighted by Gasteiger charge is 2.30. The minimum Gasteiger partial charge on any atom is -0.467 e. The predicted octanol–water partition coefficient (Wildman–Crippen LogP) is 4.57. The van der Waals surface area contributed by atoms with Crippen LogP contribution in [0.25, 0.3) is 0 Å². The van der Waals surface area contributed by atoms with Crippen molar-refractivity contribution >= 4 is 52.4 Å². The van der Waals surface area contributed by atoms with Gasteiger partial charge in [0.05, 0.1) is 7.11 Å². The van der Waals surface area contributed by atoms with Gasteiger partial charge >= 0.3 is 18.0 Å². The third-order valence-electron chi connectivity index (χ3n) is 5.89. The Morgan fingerprint density at radius 3 is 2.00 bits per heavy atom. The highest BCUT2D eigenvalue weighted by Crippen LogP contribution is 2.13. The number of hydrogen-bond acceptors (Lipinski definition) is 8. The normalized spacial score (nSPS) is 12.8. The molecule has 0 aliphatic carbocycles. The molecule has 3 N–H and O–H groups in total. The Bertz CT molecular complexity index is 1060. The second kappa shape index (κ2) is 18.7. The van der Waals surface area contributed by atoms with Crippen LogP contribution in [0.3, 0.4) is 0 Å². The topological polar surface area (TPSA) is 149 Å². The molecule has 2 atom stereocenters. The van der Waals surface area contributed by atoms with Gasteiger partial charge in [0, 0.05) is 23.0 Å². The maximum atomic E-state index is 13.2. The van der Waals surface area contributed by atoms with Gasteiger partial charge in [0.15, 0.2) is 0 Å². The molecule has 3 amide bonds. The Hall–Kier alpha value is -2.90. The molecule has 0 spiro atoms. The summed E-state index contributed by atoms with van der Waals surface area (Å²) in [7, 11) is 1.22. The number of ether oxygens (including phenoxy) is 3. The minimum atomic E-state index is -1.16. The smallest absolute Gasteiger partial charge is 0.408 e. The van der Waals surface area contributed by atoms with Crippen LogP contribution in [-0.4, -0.2) is 66.8 Å². The van der Waals surface area contributed by atoms with E-state index in [1.165, 1.54) is 16.2 Å². The second-order valence-corrected chi connectivity index (χ2v) is 13.5. The zero-order valence-corrected chi connectivity index (χ0v) is 28.6. The second-order valence-electron chi connectivity index (χ2n) is 12.2. The number of rotatable bonds is 16. The number of esters is 2. The van der Waals surface area contributed by atoms with Crippen LogP contribution < -0.4 is 16.0 Å². The first-order valence-electron chi connectivity index (χ1n) is 14.6. The molecule has 242 valence electrons. The van der Waals surface area contributed by atoms with Crippen LogP contribution in [-0.2, 0) is 39.8 Å². The molecule has 11 nitrogen and oxygen atoms in total. The van der Waals surface area contributed by atoms with Gasteiger partial charge in [-0.25, -0.2) is 9.59 Å². The maximum Gasteiger partial charge on any atom is 0.408 e. The third-order valence-corrected chi connectivity index (χ3v) is 6.61. The van der Waals surface area contributed by atoms with Crippen molar-refractivity contribution < 1.29 is 38.2 Å². The first-order valence-corrected chi connectivity index (χ1v) is 15.7. The van der Waals surface area contributed by atoms with Gasteiger partial charge in [0.25, 0.3) is 0 Å². The molecule has 0 aliphatic heterocycles. The van der Waals surface area contributed by atoms with Gasteiger partial charge in [-0.15, -0.1) is 0 Å². The lowest BCUT2D eigenvalue weighted by molar-refractivity contribution is -0.155. The van der Waals surface area contributed by atoms with Crippen molar-refractivity contribution in [2.45, 2.75) is 116 Å². The number of halogens is 1. The van der Waals surface area contributed by atoms with E-state index in [9.17, 15) is 24.0 Å². The molecule has 0 saturated heterocycles. The highest BCUT2D eigenvalue weighted by atomic mass is 127. The van der Waals surface area contributed by atoms with Gasteiger partial charge < -0.3 is 30.2 Å². The molecular formula is C31H48IN3O8. The monoisotopic (exact) mass is 717 g/mol. The lowest BCUT2D eigenvalue weighted by Gasteiger charge is -2.25. The van der Waals surface area contributed by atoms with Crippen LogP contribution in [0.15, 0.2) is 24.3 Å². The number of nitrogens with one attached hydrogen (secondary N) is 3. The minimum absolute atomic E-state index is 0.0376. The fourth-order valence-electron chi connectivity index (χ4n) is 3.93. The van der Waals surface area contributed by atoms with Gasteiger partial charge in [-0.2, -0.15) is 0 Å². The quantitative estimate of drug-likeness (QED) is 0.0975. The molecule has 0 aliphatic rings. The Morgan fingerprint density at radius 1 is 0.791 bits per heavy atom. The Morgan fingerprint density at radius 2 is 1.42 bits per heavy atom. The van der Waals surface area contributed by atoms with Crippen molar-refractivity contribution in [3.05, 3.63) is 33.4 Å². The molecule has 0 fully saturated rings. The van der Waals surface area contributed by atoms with Crippen molar-refractivity contribution in [2.75, 3.05) is 13.7 Å². The van der Waals surface area contributed by atoms with Crippen molar-refractivity contribution in [3.63, 3.8) is 0 Å². The summed E-state index contributed by atoms with van der Waals surface area (Å²) in [4.78, 5) is 62.5. The van der Waals surface area contributed by atoms with Crippen molar-refractivity contribution in [1.82, 2.24) is 16.0 Å². The molecule has 0 saturated carbocycles. The van der Waals surface area contributed by atoms with E-state index in [1.54, 1.807) is 41.5 Å². The Balaban J connectivity index is 2.63. The summed E-state index contributed by atoms with van der Waals surface area (Å²) in [5.41, 5.74) is -0.317. The van der Waals surface area contributed by atoms with Crippen LogP contribution in [0.4, 0.5) is 4.79 Å². The number of unbranched alkanes of at least 4 members (excludes halogenated alkanes) is 1. The SMILES string of the molecule is COC(=O)[C@@H](CCCCNC(=O)CCCc1ccc(I)cc1)NC(=O)[C@H](CCC(=O)OC(C)(C)C)NC(=O)OC(C)(C)C. The number of alkyl carbamates (subject to hydrolysis) is 1. The van der Waals surface area contributed by atoms with E-state index in [4.69, 9.17) is 14.2 Å². The van der Waals surface area contributed by atoms with Crippen molar-refractivity contribution in [1.29, 1.82) is 0 Å². The van der Waals surface area contributed by atoms with Crippen LogP contribution >= 0.6 is 22.6 Å². The fourth-order valence-corrected chi connectivity index (χ4v) is 4.29. The van der Waals surface area contributed by atoms with Crippen molar-refractivity contribution in [3.8, 4) is 0 Å². The molecule has 1 aromatic rings. The molecule has 43 heavy (non-hydrogen) atoms. The fraction of sp³-hybridized carbons (Fsp3) is 0.645. The van der Waals surface area contributed by atoms with Gasteiger partial charge in [-0.05, 0) is 120 Å². The molecule has 0 radical (unpaired) electrons.